The van der Waals surface area contributed by atoms with E-state index in [1.807, 2.05) is 17.1 Å². The summed E-state index contributed by atoms with van der Waals surface area (Å²) in [5, 5.41) is 14.3. The first-order valence-corrected chi connectivity index (χ1v) is 9.64. The number of nitrogens with one attached hydrogen (secondary N) is 1. The number of allylic oxidation sites excluding steroid dienone is 2. The van der Waals surface area contributed by atoms with E-state index in [-0.39, 0.29) is 23.7 Å². The standard InChI is InChI=1S/C21H24N2O4/c24-19(17-13-7-8-14(11-13)18(17)21(26)27)22-16-6-4-5-15(12-16)20(25)23-9-2-1-3-10-23/h4-8,12-14,17-18H,1-3,9-11H2,(H,22,24)(H,26,27)/p-1/t13-,14+,17+,18+/m1/s1. The molecule has 2 aliphatic carbocycles. The van der Waals surface area contributed by atoms with Gasteiger partial charge < -0.3 is 20.1 Å². The number of rotatable bonds is 4. The van der Waals surface area contributed by atoms with Gasteiger partial charge in [-0.3, -0.25) is 9.59 Å². The van der Waals surface area contributed by atoms with Crippen LogP contribution >= 0.6 is 0 Å². The van der Waals surface area contributed by atoms with Crippen molar-refractivity contribution in [1.82, 2.24) is 4.90 Å². The largest absolute Gasteiger partial charge is 0.550 e. The molecule has 1 aliphatic heterocycles. The Balaban J connectivity index is 1.48. The van der Waals surface area contributed by atoms with Crippen LogP contribution < -0.4 is 10.4 Å². The summed E-state index contributed by atoms with van der Waals surface area (Å²) in [5.74, 6) is -3.09. The van der Waals surface area contributed by atoms with Crippen molar-refractivity contribution in [3.8, 4) is 0 Å². The number of likely N-dealkylation sites (tertiary alicyclic amines) is 1. The molecule has 1 aromatic carbocycles. The molecule has 6 nitrogen and oxygen atoms in total. The van der Waals surface area contributed by atoms with Crippen LogP contribution in [0.1, 0.15) is 36.0 Å². The molecule has 4 rings (SSSR count). The zero-order chi connectivity index (χ0) is 19.0. The lowest BCUT2D eigenvalue weighted by atomic mass is 9.82. The Bertz CT molecular complexity index is 797. The van der Waals surface area contributed by atoms with Gasteiger partial charge in [-0.1, -0.05) is 18.2 Å². The smallest absolute Gasteiger partial charge is 0.253 e. The summed E-state index contributed by atoms with van der Waals surface area (Å²) in [6.45, 7) is 1.53. The number of carbonyl (C=O) groups excluding carboxylic acids is 3. The monoisotopic (exact) mass is 367 g/mol. The maximum atomic E-state index is 12.8. The van der Waals surface area contributed by atoms with Crippen LogP contribution in [-0.4, -0.2) is 35.8 Å². The van der Waals surface area contributed by atoms with Gasteiger partial charge in [0.1, 0.15) is 0 Å². The molecule has 1 heterocycles. The molecule has 6 heteroatoms. The highest BCUT2D eigenvalue weighted by Gasteiger charge is 2.48. The Kier molecular flexibility index (Phi) is 4.72. The van der Waals surface area contributed by atoms with Gasteiger partial charge >= 0.3 is 0 Å². The number of benzene rings is 1. The van der Waals surface area contributed by atoms with Gasteiger partial charge in [-0.2, -0.15) is 0 Å². The molecule has 3 aliphatic rings. The van der Waals surface area contributed by atoms with E-state index in [0.717, 1.165) is 32.4 Å². The lowest BCUT2D eigenvalue weighted by Crippen LogP contribution is -2.42. The van der Waals surface area contributed by atoms with E-state index in [9.17, 15) is 19.5 Å². The highest BCUT2D eigenvalue weighted by molar-refractivity contribution is 5.99. The van der Waals surface area contributed by atoms with Crippen LogP contribution in [0.15, 0.2) is 36.4 Å². The summed E-state index contributed by atoms with van der Waals surface area (Å²) in [5.41, 5.74) is 1.06. The van der Waals surface area contributed by atoms with Gasteiger partial charge in [0.2, 0.25) is 5.91 Å². The molecular weight excluding hydrogens is 344 g/mol. The molecule has 4 atom stereocenters. The van der Waals surface area contributed by atoms with Gasteiger partial charge in [-0.25, -0.2) is 0 Å². The zero-order valence-electron chi connectivity index (χ0n) is 15.1. The van der Waals surface area contributed by atoms with Crippen LogP contribution in [0.3, 0.4) is 0 Å². The average Bonchev–Trinajstić information content (AvgIpc) is 3.30. The van der Waals surface area contributed by atoms with Crippen molar-refractivity contribution in [2.45, 2.75) is 25.7 Å². The van der Waals surface area contributed by atoms with Gasteiger partial charge in [-0.05, 0) is 55.7 Å². The molecule has 1 saturated heterocycles. The van der Waals surface area contributed by atoms with E-state index in [0.29, 0.717) is 17.7 Å². The van der Waals surface area contributed by atoms with Crippen LogP contribution in [0.4, 0.5) is 5.69 Å². The van der Waals surface area contributed by atoms with Crippen LogP contribution in [0.25, 0.3) is 0 Å². The van der Waals surface area contributed by atoms with E-state index in [1.165, 1.54) is 0 Å². The van der Waals surface area contributed by atoms with Crippen molar-refractivity contribution in [3.63, 3.8) is 0 Å². The van der Waals surface area contributed by atoms with Crippen molar-refractivity contribution >= 4 is 23.5 Å². The molecule has 27 heavy (non-hydrogen) atoms. The summed E-state index contributed by atoms with van der Waals surface area (Å²) in [6.07, 6.45) is 7.69. The first-order valence-electron chi connectivity index (χ1n) is 9.64. The molecule has 1 saturated carbocycles. The van der Waals surface area contributed by atoms with Gasteiger partial charge in [0, 0.05) is 36.2 Å². The van der Waals surface area contributed by atoms with Crippen molar-refractivity contribution < 1.29 is 19.5 Å². The number of hydrogen-bond donors (Lipinski definition) is 1. The van der Waals surface area contributed by atoms with E-state index in [2.05, 4.69) is 5.32 Å². The minimum atomic E-state index is -1.17. The molecule has 2 fully saturated rings. The second-order valence-electron chi connectivity index (χ2n) is 7.74. The number of fused-ring (bicyclic) bond motifs is 2. The second-order valence-corrected chi connectivity index (χ2v) is 7.74. The number of piperidine rings is 1. The third-order valence-corrected chi connectivity index (χ3v) is 6.05. The van der Waals surface area contributed by atoms with Gasteiger partial charge in [0.05, 0.1) is 5.92 Å². The maximum Gasteiger partial charge on any atom is 0.253 e. The Morgan fingerprint density at radius 2 is 1.70 bits per heavy atom. The molecule has 2 bridgehead atoms. The van der Waals surface area contributed by atoms with Crippen LogP contribution in [-0.2, 0) is 9.59 Å². The number of anilines is 1. The lowest BCUT2D eigenvalue weighted by Gasteiger charge is -2.28. The molecule has 2 amide bonds. The highest BCUT2D eigenvalue weighted by Crippen LogP contribution is 2.48. The van der Waals surface area contributed by atoms with Gasteiger partial charge in [0.25, 0.3) is 5.91 Å². The van der Waals surface area contributed by atoms with E-state index in [4.69, 9.17) is 0 Å². The Morgan fingerprint density at radius 1 is 1.00 bits per heavy atom. The zero-order valence-corrected chi connectivity index (χ0v) is 15.1. The number of amides is 2. The number of aliphatic carboxylic acids is 1. The summed E-state index contributed by atoms with van der Waals surface area (Å²) < 4.78 is 0. The number of nitrogens with zero attached hydrogens (tertiary/aromatic N) is 1. The van der Waals surface area contributed by atoms with Crippen LogP contribution in [0, 0.1) is 23.7 Å². The van der Waals surface area contributed by atoms with Crippen molar-refractivity contribution in [2.75, 3.05) is 18.4 Å². The Labute approximate surface area is 158 Å². The normalized spacial score (nSPS) is 29.0. The SMILES string of the molecule is O=C(Nc1cccc(C(=O)N2CCCCC2)c1)[C@@H]1[C@@H](C(=O)[O-])[C@H]2C=C[C@@H]1C2. The van der Waals surface area contributed by atoms with E-state index >= 15 is 0 Å². The number of hydrogen-bond acceptors (Lipinski definition) is 4. The minimum absolute atomic E-state index is 0.0266. The van der Waals surface area contributed by atoms with E-state index in [1.54, 1.807) is 24.3 Å². The van der Waals surface area contributed by atoms with Crippen molar-refractivity contribution in [3.05, 3.63) is 42.0 Å². The molecule has 0 radical (unpaired) electrons. The third-order valence-electron chi connectivity index (χ3n) is 6.05. The van der Waals surface area contributed by atoms with Gasteiger partial charge in [-0.15, -0.1) is 0 Å². The van der Waals surface area contributed by atoms with Crippen LogP contribution in [0.5, 0.6) is 0 Å². The van der Waals surface area contributed by atoms with Crippen LogP contribution in [0.2, 0.25) is 0 Å². The van der Waals surface area contributed by atoms with Gasteiger partial charge in [0.15, 0.2) is 0 Å². The molecule has 0 unspecified atom stereocenters. The number of carbonyl (C=O) groups is 3. The molecule has 1 N–H and O–H groups in total. The predicted octanol–water partition coefficient (Wildman–Crippen LogP) is 1.44. The second kappa shape index (κ2) is 7.18. The first kappa shape index (κ1) is 17.8. The molecule has 0 spiro atoms. The molecular formula is C21H23N2O4-. The summed E-state index contributed by atoms with van der Waals surface area (Å²) in [4.78, 5) is 38.8. The highest BCUT2D eigenvalue weighted by atomic mass is 16.4. The number of carboxylic acids is 1. The quantitative estimate of drug-likeness (QED) is 0.816. The Morgan fingerprint density at radius 3 is 2.41 bits per heavy atom. The number of carboxylic acid groups (broad SMARTS) is 1. The molecule has 0 aromatic heterocycles. The fraction of sp³-hybridized carbons (Fsp3) is 0.476. The summed E-state index contributed by atoms with van der Waals surface area (Å²) >= 11 is 0. The average molecular weight is 367 g/mol. The summed E-state index contributed by atoms with van der Waals surface area (Å²) in [7, 11) is 0. The molecule has 1 aromatic rings. The predicted molar refractivity (Wildman–Crippen MR) is 97.6 cm³/mol. The van der Waals surface area contributed by atoms with Crippen molar-refractivity contribution in [1.29, 1.82) is 0 Å². The molecule has 142 valence electrons. The van der Waals surface area contributed by atoms with E-state index < -0.39 is 17.8 Å². The third kappa shape index (κ3) is 3.36. The fourth-order valence-corrected chi connectivity index (χ4v) is 4.74. The summed E-state index contributed by atoms with van der Waals surface area (Å²) in [6, 6.07) is 6.88. The fourth-order valence-electron chi connectivity index (χ4n) is 4.74. The Hall–Kier alpha value is -2.63. The minimum Gasteiger partial charge on any atom is -0.550 e. The lowest BCUT2D eigenvalue weighted by molar-refractivity contribution is -0.313. The topological polar surface area (TPSA) is 89.5 Å². The first-order chi connectivity index (χ1) is 13.0. The van der Waals surface area contributed by atoms with Crippen molar-refractivity contribution in [2.24, 2.45) is 23.7 Å². The maximum absolute atomic E-state index is 12.8.